The third-order valence-electron chi connectivity index (χ3n) is 4.01. The van der Waals surface area contributed by atoms with Gasteiger partial charge in [-0.3, -0.25) is 4.79 Å². The summed E-state index contributed by atoms with van der Waals surface area (Å²) in [5.41, 5.74) is 2.42. The van der Waals surface area contributed by atoms with Crippen molar-refractivity contribution in [1.82, 2.24) is 4.57 Å². The van der Waals surface area contributed by atoms with Crippen LogP contribution in [0.15, 0.2) is 73.1 Å². The standard InChI is InChI=1S/C20H19FN2O/c1-15-13-17(21)9-10-18(15)22-20(24)14-19(23-11-5-6-12-23)16-7-3-2-4-8-16/h2-13,19H,14H2,1H3,(H,22,24). The lowest BCUT2D eigenvalue weighted by atomic mass is 10.0. The van der Waals surface area contributed by atoms with Crippen molar-refractivity contribution in [1.29, 1.82) is 0 Å². The summed E-state index contributed by atoms with van der Waals surface area (Å²) in [5, 5.41) is 2.88. The zero-order valence-electron chi connectivity index (χ0n) is 13.4. The molecule has 0 fully saturated rings. The SMILES string of the molecule is Cc1cc(F)ccc1NC(=O)CC(c1ccccc1)n1cccc1. The highest BCUT2D eigenvalue weighted by atomic mass is 19.1. The molecular weight excluding hydrogens is 303 g/mol. The van der Waals surface area contributed by atoms with Crippen molar-refractivity contribution in [2.75, 3.05) is 5.32 Å². The van der Waals surface area contributed by atoms with Crippen LogP contribution in [0.4, 0.5) is 10.1 Å². The van der Waals surface area contributed by atoms with Crippen LogP contribution in [0.3, 0.4) is 0 Å². The fourth-order valence-corrected chi connectivity index (χ4v) is 2.77. The van der Waals surface area contributed by atoms with Crippen LogP contribution in [-0.4, -0.2) is 10.5 Å². The quantitative estimate of drug-likeness (QED) is 0.734. The molecule has 1 unspecified atom stereocenters. The third kappa shape index (κ3) is 3.71. The number of carbonyl (C=O) groups excluding carboxylic acids is 1. The summed E-state index contributed by atoms with van der Waals surface area (Å²) in [4.78, 5) is 12.5. The number of halogens is 1. The maximum atomic E-state index is 13.2. The molecule has 2 aromatic carbocycles. The molecule has 1 amide bonds. The second-order valence-electron chi connectivity index (χ2n) is 5.77. The highest BCUT2D eigenvalue weighted by Crippen LogP contribution is 2.23. The summed E-state index contributed by atoms with van der Waals surface area (Å²) >= 11 is 0. The minimum Gasteiger partial charge on any atom is -0.346 e. The number of nitrogens with zero attached hydrogens (tertiary/aromatic N) is 1. The maximum Gasteiger partial charge on any atom is 0.226 e. The summed E-state index contributed by atoms with van der Waals surface area (Å²) in [7, 11) is 0. The molecule has 0 aliphatic carbocycles. The van der Waals surface area contributed by atoms with E-state index >= 15 is 0 Å². The first-order valence-electron chi connectivity index (χ1n) is 7.87. The molecule has 1 heterocycles. The van der Waals surface area contributed by atoms with Gasteiger partial charge in [-0.2, -0.15) is 0 Å². The Balaban J connectivity index is 1.79. The van der Waals surface area contributed by atoms with Crippen molar-refractivity contribution in [3.05, 3.63) is 90.0 Å². The van der Waals surface area contributed by atoms with E-state index in [2.05, 4.69) is 5.32 Å². The Morgan fingerprint density at radius 3 is 2.46 bits per heavy atom. The molecule has 0 radical (unpaired) electrons. The molecule has 0 aliphatic rings. The number of rotatable bonds is 5. The summed E-state index contributed by atoms with van der Waals surface area (Å²) in [5.74, 6) is -0.410. The number of anilines is 1. The molecule has 1 aromatic heterocycles. The molecule has 0 spiro atoms. The minimum absolute atomic E-state index is 0.0815. The highest BCUT2D eigenvalue weighted by molar-refractivity contribution is 5.92. The Bertz CT molecular complexity index is 813. The molecule has 3 rings (SSSR count). The van der Waals surface area contributed by atoms with Gasteiger partial charge in [0.25, 0.3) is 0 Å². The van der Waals surface area contributed by atoms with E-state index in [4.69, 9.17) is 0 Å². The topological polar surface area (TPSA) is 34.0 Å². The van der Waals surface area contributed by atoms with E-state index in [0.29, 0.717) is 17.7 Å². The molecule has 122 valence electrons. The van der Waals surface area contributed by atoms with E-state index in [-0.39, 0.29) is 17.8 Å². The van der Waals surface area contributed by atoms with Gasteiger partial charge in [0.05, 0.1) is 12.5 Å². The van der Waals surface area contributed by atoms with Gasteiger partial charge in [0, 0.05) is 18.1 Å². The van der Waals surface area contributed by atoms with Crippen LogP contribution in [0.2, 0.25) is 0 Å². The Hall–Kier alpha value is -2.88. The highest BCUT2D eigenvalue weighted by Gasteiger charge is 2.17. The van der Waals surface area contributed by atoms with Crippen LogP contribution < -0.4 is 5.32 Å². The van der Waals surface area contributed by atoms with E-state index in [9.17, 15) is 9.18 Å². The molecule has 0 bridgehead atoms. The molecule has 3 nitrogen and oxygen atoms in total. The zero-order valence-corrected chi connectivity index (χ0v) is 13.4. The number of amides is 1. The zero-order chi connectivity index (χ0) is 16.9. The molecule has 0 saturated heterocycles. The normalized spacial score (nSPS) is 11.9. The van der Waals surface area contributed by atoms with Crippen LogP contribution in [-0.2, 0) is 4.79 Å². The number of aryl methyl sites for hydroxylation is 1. The van der Waals surface area contributed by atoms with Crippen molar-refractivity contribution in [3.8, 4) is 0 Å². The smallest absolute Gasteiger partial charge is 0.226 e. The average Bonchev–Trinajstić information content (AvgIpc) is 3.10. The lowest BCUT2D eigenvalue weighted by molar-refractivity contribution is -0.116. The van der Waals surface area contributed by atoms with Gasteiger partial charge in [-0.15, -0.1) is 0 Å². The van der Waals surface area contributed by atoms with E-state index in [1.54, 1.807) is 13.0 Å². The van der Waals surface area contributed by atoms with Crippen LogP contribution in [0.25, 0.3) is 0 Å². The van der Waals surface area contributed by atoms with E-state index in [0.717, 1.165) is 5.56 Å². The van der Waals surface area contributed by atoms with Crippen LogP contribution in [0, 0.1) is 12.7 Å². The predicted molar refractivity (Wildman–Crippen MR) is 93.4 cm³/mol. The maximum absolute atomic E-state index is 13.2. The monoisotopic (exact) mass is 322 g/mol. The van der Waals surface area contributed by atoms with Gasteiger partial charge in [0.1, 0.15) is 5.82 Å². The van der Waals surface area contributed by atoms with Crippen LogP contribution in [0.5, 0.6) is 0 Å². The second kappa shape index (κ2) is 7.13. The molecular formula is C20H19FN2O. The lowest BCUT2D eigenvalue weighted by Crippen LogP contribution is -2.20. The van der Waals surface area contributed by atoms with Gasteiger partial charge >= 0.3 is 0 Å². The molecule has 1 atom stereocenters. The molecule has 24 heavy (non-hydrogen) atoms. The van der Waals surface area contributed by atoms with Crippen molar-refractivity contribution < 1.29 is 9.18 Å². The fourth-order valence-electron chi connectivity index (χ4n) is 2.77. The van der Waals surface area contributed by atoms with Gasteiger partial charge in [0.15, 0.2) is 0 Å². The van der Waals surface area contributed by atoms with Crippen molar-refractivity contribution in [2.24, 2.45) is 0 Å². The largest absolute Gasteiger partial charge is 0.346 e. The first-order chi connectivity index (χ1) is 11.6. The van der Waals surface area contributed by atoms with Crippen molar-refractivity contribution >= 4 is 11.6 Å². The predicted octanol–water partition coefficient (Wildman–Crippen LogP) is 4.55. The number of hydrogen-bond donors (Lipinski definition) is 1. The van der Waals surface area contributed by atoms with E-state index in [1.807, 2.05) is 59.4 Å². The molecule has 0 aliphatic heterocycles. The summed E-state index contributed by atoms with van der Waals surface area (Å²) in [6.07, 6.45) is 4.21. The number of carbonyl (C=O) groups is 1. The Kier molecular flexibility index (Phi) is 4.75. The Morgan fingerprint density at radius 1 is 1.08 bits per heavy atom. The van der Waals surface area contributed by atoms with Gasteiger partial charge < -0.3 is 9.88 Å². The average molecular weight is 322 g/mol. The second-order valence-corrected chi connectivity index (χ2v) is 5.77. The fraction of sp³-hybridized carbons (Fsp3) is 0.150. The first kappa shape index (κ1) is 16.0. The molecule has 0 saturated carbocycles. The summed E-state index contributed by atoms with van der Waals surface area (Å²) in [6, 6.07) is 18.1. The van der Waals surface area contributed by atoms with Crippen LogP contribution in [0.1, 0.15) is 23.6 Å². The minimum atomic E-state index is -0.306. The number of benzene rings is 2. The van der Waals surface area contributed by atoms with Crippen molar-refractivity contribution in [2.45, 2.75) is 19.4 Å². The summed E-state index contributed by atoms with van der Waals surface area (Å²) in [6.45, 7) is 1.78. The van der Waals surface area contributed by atoms with E-state index in [1.165, 1.54) is 12.1 Å². The number of nitrogens with one attached hydrogen (secondary N) is 1. The van der Waals surface area contributed by atoms with Gasteiger partial charge in [-0.05, 0) is 48.4 Å². The number of hydrogen-bond acceptors (Lipinski definition) is 1. The van der Waals surface area contributed by atoms with Crippen molar-refractivity contribution in [3.63, 3.8) is 0 Å². The van der Waals surface area contributed by atoms with E-state index < -0.39 is 0 Å². The van der Waals surface area contributed by atoms with Gasteiger partial charge in [0.2, 0.25) is 5.91 Å². The Morgan fingerprint density at radius 2 is 1.79 bits per heavy atom. The summed E-state index contributed by atoms with van der Waals surface area (Å²) < 4.78 is 15.2. The van der Waals surface area contributed by atoms with Gasteiger partial charge in [-0.1, -0.05) is 30.3 Å². The van der Waals surface area contributed by atoms with Gasteiger partial charge in [-0.25, -0.2) is 4.39 Å². The molecule has 3 aromatic rings. The van der Waals surface area contributed by atoms with Crippen LogP contribution >= 0.6 is 0 Å². The third-order valence-corrected chi connectivity index (χ3v) is 4.01. The first-order valence-corrected chi connectivity index (χ1v) is 7.87. The number of aromatic nitrogens is 1. The molecule has 1 N–H and O–H groups in total. The lowest BCUT2D eigenvalue weighted by Gasteiger charge is -2.19. The Labute approximate surface area is 140 Å². The molecule has 4 heteroatoms.